The van der Waals surface area contributed by atoms with Gasteiger partial charge in [-0.3, -0.25) is 9.69 Å². The van der Waals surface area contributed by atoms with E-state index in [1.807, 2.05) is 6.92 Å². The largest absolute Gasteiger partial charge is 0.352 e. The van der Waals surface area contributed by atoms with Gasteiger partial charge in [0.15, 0.2) is 0 Å². The summed E-state index contributed by atoms with van der Waals surface area (Å²) in [4.78, 5) is 14.0. The van der Waals surface area contributed by atoms with Crippen molar-refractivity contribution >= 4 is 5.91 Å². The van der Waals surface area contributed by atoms with E-state index in [0.29, 0.717) is 18.5 Å². The Hall–Kier alpha value is -0.570. The molecule has 2 aliphatic heterocycles. The SMILES string of the molecule is CCC(=O)N[C@H]1CCCN2CCCC[C@H]12. The van der Waals surface area contributed by atoms with Crippen LogP contribution in [0.5, 0.6) is 0 Å². The lowest BCUT2D eigenvalue weighted by atomic mass is 9.89. The first kappa shape index (κ1) is 10.9. The van der Waals surface area contributed by atoms with E-state index in [1.165, 1.54) is 45.2 Å². The Morgan fingerprint density at radius 2 is 2.07 bits per heavy atom. The molecule has 2 atom stereocenters. The van der Waals surface area contributed by atoms with E-state index in [1.54, 1.807) is 0 Å². The van der Waals surface area contributed by atoms with Crippen molar-refractivity contribution in [2.45, 2.75) is 57.5 Å². The summed E-state index contributed by atoms with van der Waals surface area (Å²) in [5.74, 6) is 0.215. The Balaban J connectivity index is 1.94. The first-order valence-electron chi connectivity index (χ1n) is 6.34. The normalized spacial score (nSPS) is 32.1. The van der Waals surface area contributed by atoms with E-state index in [4.69, 9.17) is 0 Å². The summed E-state index contributed by atoms with van der Waals surface area (Å²) in [6.45, 7) is 4.41. The maximum atomic E-state index is 11.4. The van der Waals surface area contributed by atoms with Crippen LogP contribution in [0.25, 0.3) is 0 Å². The molecule has 0 aliphatic carbocycles. The molecule has 2 rings (SSSR count). The second-order valence-electron chi connectivity index (χ2n) is 4.77. The highest BCUT2D eigenvalue weighted by atomic mass is 16.1. The zero-order valence-electron chi connectivity index (χ0n) is 9.67. The van der Waals surface area contributed by atoms with Crippen LogP contribution >= 0.6 is 0 Å². The smallest absolute Gasteiger partial charge is 0.219 e. The van der Waals surface area contributed by atoms with Crippen LogP contribution in [-0.4, -0.2) is 36.0 Å². The van der Waals surface area contributed by atoms with Crippen LogP contribution in [0.2, 0.25) is 0 Å². The van der Waals surface area contributed by atoms with Crippen LogP contribution in [0.15, 0.2) is 0 Å². The summed E-state index contributed by atoms with van der Waals surface area (Å²) in [5.41, 5.74) is 0. The Morgan fingerprint density at radius 3 is 2.87 bits per heavy atom. The summed E-state index contributed by atoms with van der Waals surface area (Å²) in [5, 5.41) is 3.19. The Kier molecular flexibility index (Phi) is 3.62. The minimum atomic E-state index is 0.215. The molecule has 3 nitrogen and oxygen atoms in total. The highest BCUT2D eigenvalue weighted by Crippen LogP contribution is 2.26. The molecular formula is C12H22N2O. The van der Waals surface area contributed by atoms with Gasteiger partial charge in [0.05, 0.1) is 0 Å². The fourth-order valence-electron chi connectivity index (χ4n) is 2.93. The summed E-state index contributed by atoms with van der Waals surface area (Å²) >= 11 is 0. The van der Waals surface area contributed by atoms with Gasteiger partial charge in [0.2, 0.25) is 5.91 Å². The average Bonchev–Trinajstić information content (AvgIpc) is 2.29. The number of rotatable bonds is 2. The molecule has 1 amide bonds. The molecule has 0 aromatic heterocycles. The minimum absolute atomic E-state index is 0.215. The zero-order chi connectivity index (χ0) is 10.7. The van der Waals surface area contributed by atoms with Crippen molar-refractivity contribution in [3.63, 3.8) is 0 Å². The average molecular weight is 210 g/mol. The van der Waals surface area contributed by atoms with E-state index in [2.05, 4.69) is 10.2 Å². The fourth-order valence-corrected chi connectivity index (χ4v) is 2.93. The number of amides is 1. The Bertz CT molecular complexity index is 228. The van der Waals surface area contributed by atoms with Gasteiger partial charge in [-0.15, -0.1) is 0 Å². The number of hydrogen-bond acceptors (Lipinski definition) is 2. The number of fused-ring (bicyclic) bond motifs is 1. The molecule has 2 fully saturated rings. The molecule has 0 bridgehead atoms. The molecule has 1 N–H and O–H groups in total. The van der Waals surface area contributed by atoms with E-state index < -0.39 is 0 Å². The first-order valence-corrected chi connectivity index (χ1v) is 6.34. The van der Waals surface area contributed by atoms with Crippen molar-refractivity contribution in [3.8, 4) is 0 Å². The number of carbonyl (C=O) groups is 1. The van der Waals surface area contributed by atoms with Gasteiger partial charge in [-0.05, 0) is 38.8 Å². The molecular weight excluding hydrogens is 188 g/mol. The third kappa shape index (κ3) is 2.51. The van der Waals surface area contributed by atoms with Crippen molar-refractivity contribution in [2.24, 2.45) is 0 Å². The maximum Gasteiger partial charge on any atom is 0.219 e. The summed E-state index contributed by atoms with van der Waals surface area (Å²) in [6.07, 6.45) is 6.97. The van der Waals surface area contributed by atoms with Gasteiger partial charge >= 0.3 is 0 Å². The van der Waals surface area contributed by atoms with Crippen molar-refractivity contribution in [2.75, 3.05) is 13.1 Å². The van der Waals surface area contributed by atoms with E-state index in [0.717, 1.165) is 0 Å². The number of hydrogen-bond donors (Lipinski definition) is 1. The van der Waals surface area contributed by atoms with Gasteiger partial charge in [-0.2, -0.15) is 0 Å². The third-order valence-electron chi connectivity index (χ3n) is 3.76. The van der Waals surface area contributed by atoms with Crippen LogP contribution in [0.4, 0.5) is 0 Å². The van der Waals surface area contributed by atoms with Crippen LogP contribution in [0.3, 0.4) is 0 Å². The molecule has 2 saturated heterocycles. The molecule has 0 aromatic rings. The predicted molar refractivity (Wildman–Crippen MR) is 60.7 cm³/mol. The summed E-state index contributed by atoms with van der Waals surface area (Å²) in [6, 6.07) is 1.05. The third-order valence-corrected chi connectivity index (χ3v) is 3.76. The van der Waals surface area contributed by atoms with Gasteiger partial charge in [0.25, 0.3) is 0 Å². The lowest BCUT2D eigenvalue weighted by molar-refractivity contribution is -0.122. The minimum Gasteiger partial charge on any atom is -0.352 e. The molecule has 0 aromatic carbocycles. The molecule has 0 spiro atoms. The van der Waals surface area contributed by atoms with Crippen molar-refractivity contribution in [1.82, 2.24) is 10.2 Å². The molecule has 0 radical (unpaired) electrons. The van der Waals surface area contributed by atoms with Crippen LogP contribution < -0.4 is 5.32 Å². The van der Waals surface area contributed by atoms with Crippen molar-refractivity contribution < 1.29 is 4.79 Å². The monoisotopic (exact) mass is 210 g/mol. The molecule has 3 heteroatoms. The standard InChI is InChI=1S/C12H22N2O/c1-2-12(15)13-10-6-5-9-14-8-4-3-7-11(10)14/h10-11H,2-9H2,1H3,(H,13,15)/t10-,11+/m0/s1. The van der Waals surface area contributed by atoms with Gasteiger partial charge in [0, 0.05) is 18.5 Å². The van der Waals surface area contributed by atoms with E-state index in [9.17, 15) is 4.79 Å². The fraction of sp³-hybridized carbons (Fsp3) is 0.917. The second kappa shape index (κ2) is 4.97. The lowest BCUT2D eigenvalue weighted by Crippen LogP contribution is -2.56. The number of carbonyl (C=O) groups excluding carboxylic acids is 1. The van der Waals surface area contributed by atoms with Crippen molar-refractivity contribution in [3.05, 3.63) is 0 Å². The Labute approximate surface area is 92.2 Å². The van der Waals surface area contributed by atoms with E-state index in [-0.39, 0.29) is 5.91 Å². The topological polar surface area (TPSA) is 32.3 Å². The molecule has 86 valence electrons. The van der Waals surface area contributed by atoms with Gasteiger partial charge in [-0.1, -0.05) is 13.3 Å². The van der Waals surface area contributed by atoms with Crippen LogP contribution in [-0.2, 0) is 4.79 Å². The number of nitrogens with one attached hydrogen (secondary N) is 1. The molecule has 0 saturated carbocycles. The zero-order valence-corrected chi connectivity index (χ0v) is 9.67. The maximum absolute atomic E-state index is 11.4. The van der Waals surface area contributed by atoms with Crippen molar-refractivity contribution in [1.29, 1.82) is 0 Å². The van der Waals surface area contributed by atoms with Crippen LogP contribution in [0.1, 0.15) is 45.4 Å². The van der Waals surface area contributed by atoms with Gasteiger partial charge < -0.3 is 5.32 Å². The molecule has 15 heavy (non-hydrogen) atoms. The van der Waals surface area contributed by atoms with Gasteiger partial charge in [0.1, 0.15) is 0 Å². The number of nitrogens with zero attached hydrogens (tertiary/aromatic N) is 1. The quantitative estimate of drug-likeness (QED) is 0.749. The van der Waals surface area contributed by atoms with Gasteiger partial charge in [-0.25, -0.2) is 0 Å². The van der Waals surface area contributed by atoms with E-state index >= 15 is 0 Å². The highest BCUT2D eigenvalue weighted by Gasteiger charge is 2.33. The summed E-state index contributed by atoms with van der Waals surface area (Å²) < 4.78 is 0. The molecule has 2 aliphatic rings. The Morgan fingerprint density at radius 1 is 1.27 bits per heavy atom. The second-order valence-corrected chi connectivity index (χ2v) is 4.77. The molecule has 0 unspecified atom stereocenters. The lowest BCUT2D eigenvalue weighted by Gasteiger charge is -2.44. The first-order chi connectivity index (χ1) is 7.31. The van der Waals surface area contributed by atoms with Crippen LogP contribution in [0, 0.1) is 0 Å². The number of piperidine rings is 2. The highest BCUT2D eigenvalue weighted by molar-refractivity contribution is 5.75. The molecule has 2 heterocycles. The summed E-state index contributed by atoms with van der Waals surface area (Å²) in [7, 11) is 0. The predicted octanol–water partition coefficient (Wildman–Crippen LogP) is 1.53.